The van der Waals surface area contributed by atoms with Gasteiger partial charge < -0.3 is 0 Å². The predicted octanol–water partition coefficient (Wildman–Crippen LogP) is 2.53. The number of carbonyl (C=O) groups is 1. The lowest BCUT2D eigenvalue weighted by atomic mass is 10.3. The average molecular weight is 355 g/mol. The zero-order valence-corrected chi connectivity index (χ0v) is 13.7. The Morgan fingerprint density at radius 1 is 1.17 bits per heavy atom. The van der Waals surface area contributed by atoms with E-state index < -0.39 is 11.5 Å². The second-order valence-corrected chi connectivity index (χ2v) is 6.47. The van der Waals surface area contributed by atoms with E-state index >= 15 is 0 Å². The van der Waals surface area contributed by atoms with Crippen LogP contribution >= 0.6 is 22.7 Å². The molecule has 9 heteroatoms. The molecule has 4 heterocycles. The van der Waals surface area contributed by atoms with Crippen LogP contribution in [0.3, 0.4) is 0 Å². The van der Waals surface area contributed by atoms with Gasteiger partial charge in [0.1, 0.15) is 11.3 Å². The van der Waals surface area contributed by atoms with Gasteiger partial charge in [0, 0.05) is 29.4 Å². The molecule has 118 valence electrons. The Morgan fingerprint density at radius 3 is 2.92 bits per heavy atom. The summed E-state index contributed by atoms with van der Waals surface area (Å²) in [6.45, 7) is 0. The predicted molar refractivity (Wildman–Crippen MR) is 92.6 cm³/mol. The Balaban J connectivity index is 1.61. The second kappa shape index (κ2) is 5.95. The first-order valence-corrected chi connectivity index (χ1v) is 8.61. The number of nitrogens with zero attached hydrogens (tertiary/aromatic N) is 4. The lowest BCUT2D eigenvalue weighted by molar-refractivity contribution is 0.102. The smallest absolute Gasteiger partial charge is 0.271 e. The number of anilines is 1. The quantitative estimate of drug-likeness (QED) is 0.610. The number of nitrogens with one attached hydrogen (secondary N) is 1. The summed E-state index contributed by atoms with van der Waals surface area (Å²) in [5.41, 5.74) is 0.954. The van der Waals surface area contributed by atoms with Crippen molar-refractivity contribution in [3.8, 4) is 11.4 Å². The normalized spacial score (nSPS) is 10.8. The molecular formula is C15H9N5O2S2. The maximum atomic E-state index is 12.3. The van der Waals surface area contributed by atoms with Crippen molar-refractivity contribution in [1.82, 2.24) is 19.4 Å². The molecule has 0 unspecified atom stereocenters. The fourth-order valence-corrected chi connectivity index (χ4v) is 3.48. The van der Waals surface area contributed by atoms with Gasteiger partial charge >= 0.3 is 0 Å². The molecule has 24 heavy (non-hydrogen) atoms. The van der Waals surface area contributed by atoms with Gasteiger partial charge in [-0.1, -0.05) is 6.07 Å². The van der Waals surface area contributed by atoms with E-state index in [-0.39, 0.29) is 5.56 Å². The SMILES string of the molecule is O=C(Nc1nc(-c2ccccn2)cs1)c1cnc2sccn2c1=O. The molecule has 4 aromatic heterocycles. The van der Waals surface area contributed by atoms with Gasteiger partial charge in [-0.15, -0.1) is 22.7 Å². The Bertz CT molecular complexity index is 1080. The van der Waals surface area contributed by atoms with E-state index in [9.17, 15) is 9.59 Å². The van der Waals surface area contributed by atoms with Crippen molar-refractivity contribution < 1.29 is 4.79 Å². The third-order valence-corrected chi connectivity index (χ3v) is 4.77. The summed E-state index contributed by atoms with van der Waals surface area (Å²) in [6.07, 6.45) is 4.56. The maximum absolute atomic E-state index is 12.3. The number of carbonyl (C=O) groups excluding carboxylic acids is 1. The number of thiazole rings is 2. The van der Waals surface area contributed by atoms with Crippen molar-refractivity contribution >= 4 is 38.7 Å². The summed E-state index contributed by atoms with van der Waals surface area (Å²) in [6, 6.07) is 5.52. The minimum Gasteiger partial charge on any atom is -0.298 e. The average Bonchev–Trinajstić information content (AvgIpc) is 3.25. The Kier molecular flexibility index (Phi) is 3.63. The zero-order chi connectivity index (χ0) is 16.5. The minimum atomic E-state index is -0.532. The van der Waals surface area contributed by atoms with Crippen LogP contribution in [0, 0.1) is 0 Å². The molecule has 4 rings (SSSR count). The van der Waals surface area contributed by atoms with Crippen LogP contribution in [0.2, 0.25) is 0 Å². The largest absolute Gasteiger partial charge is 0.298 e. The van der Waals surface area contributed by atoms with Gasteiger partial charge in [0.2, 0.25) is 0 Å². The van der Waals surface area contributed by atoms with Crippen molar-refractivity contribution in [3.05, 3.63) is 63.5 Å². The van der Waals surface area contributed by atoms with Crippen LogP contribution in [-0.4, -0.2) is 25.3 Å². The van der Waals surface area contributed by atoms with E-state index in [4.69, 9.17) is 0 Å². The van der Waals surface area contributed by atoms with Crippen LogP contribution in [0.25, 0.3) is 16.3 Å². The molecule has 0 radical (unpaired) electrons. The summed E-state index contributed by atoms with van der Waals surface area (Å²) < 4.78 is 1.35. The van der Waals surface area contributed by atoms with Gasteiger partial charge in [-0.2, -0.15) is 0 Å². The van der Waals surface area contributed by atoms with Gasteiger partial charge in [-0.25, -0.2) is 9.97 Å². The number of aromatic nitrogens is 4. The van der Waals surface area contributed by atoms with Gasteiger partial charge in [0.05, 0.1) is 5.69 Å². The topological polar surface area (TPSA) is 89.2 Å². The van der Waals surface area contributed by atoms with Gasteiger partial charge in [-0.05, 0) is 12.1 Å². The molecule has 0 bridgehead atoms. The van der Waals surface area contributed by atoms with E-state index in [2.05, 4.69) is 20.3 Å². The van der Waals surface area contributed by atoms with Crippen LogP contribution < -0.4 is 10.9 Å². The van der Waals surface area contributed by atoms with Crippen molar-refractivity contribution in [1.29, 1.82) is 0 Å². The monoisotopic (exact) mass is 355 g/mol. The highest BCUT2D eigenvalue weighted by atomic mass is 32.1. The van der Waals surface area contributed by atoms with Gasteiger partial charge in [-0.3, -0.25) is 24.3 Å². The molecule has 0 aromatic carbocycles. The van der Waals surface area contributed by atoms with Crippen molar-refractivity contribution in [3.63, 3.8) is 0 Å². The van der Waals surface area contributed by atoms with E-state index in [0.29, 0.717) is 15.8 Å². The second-order valence-electron chi connectivity index (χ2n) is 4.74. The molecule has 0 aliphatic carbocycles. The van der Waals surface area contributed by atoms with Crippen molar-refractivity contribution in [2.45, 2.75) is 0 Å². The Morgan fingerprint density at radius 2 is 2.08 bits per heavy atom. The summed E-state index contributed by atoms with van der Waals surface area (Å²) in [4.78, 5) is 37.8. The fraction of sp³-hybridized carbons (Fsp3) is 0. The van der Waals surface area contributed by atoms with E-state index in [1.54, 1.807) is 23.2 Å². The highest BCUT2D eigenvalue weighted by Gasteiger charge is 2.16. The van der Waals surface area contributed by atoms with Crippen LogP contribution in [-0.2, 0) is 0 Å². The number of hydrogen-bond donors (Lipinski definition) is 1. The molecule has 1 N–H and O–H groups in total. The first-order chi connectivity index (χ1) is 11.7. The van der Waals surface area contributed by atoms with E-state index in [0.717, 1.165) is 5.69 Å². The summed E-state index contributed by atoms with van der Waals surface area (Å²) in [5, 5.41) is 6.57. The number of amides is 1. The molecule has 0 saturated heterocycles. The number of pyridine rings is 1. The molecule has 0 aliphatic rings. The number of hydrogen-bond acceptors (Lipinski definition) is 7. The lowest BCUT2D eigenvalue weighted by Crippen LogP contribution is -2.25. The lowest BCUT2D eigenvalue weighted by Gasteiger charge is -2.01. The Hall–Kier alpha value is -2.91. The number of fused-ring (bicyclic) bond motifs is 1. The molecule has 0 saturated carbocycles. The summed E-state index contributed by atoms with van der Waals surface area (Å²) >= 11 is 2.60. The van der Waals surface area contributed by atoms with Gasteiger partial charge in [0.25, 0.3) is 11.5 Å². The van der Waals surface area contributed by atoms with Crippen molar-refractivity contribution in [2.75, 3.05) is 5.32 Å². The third-order valence-electron chi connectivity index (χ3n) is 3.24. The minimum absolute atomic E-state index is 0.0273. The van der Waals surface area contributed by atoms with Gasteiger partial charge in [0.15, 0.2) is 10.1 Å². The van der Waals surface area contributed by atoms with Crippen LogP contribution in [0.1, 0.15) is 10.4 Å². The molecule has 4 aromatic rings. The van der Waals surface area contributed by atoms with E-state index in [1.165, 1.54) is 33.3 Å². The summed E-state index contributed by atoms with van der Waals surface area (Å²) in [5.74, 6) is -0.532. The molecule has 0 fully saturated rings. The zero-order valence-electron chi connectivity index (χ0n) is 12.0. The molecule has 0 spiro atoms. The van der Waals surface area contributed by atoms with Crippen LogP contribution in [0.15, 0.2) is 52.3 Å². The number of rotatable bonds is 3. The first kappa shape index (κ1) is 14.7. The first-order valence-electron chi connectivity index (χ1n) is 6.85. The highest BCUT2D eigenvalue weighted by molar-refractivity contribution is 7.15. The molecule has 1 amide bonds. The third kappa shape index (κ3) is 2.59. The van der Waals surface area contributed by atoms with Crippen LogP contribution in [0.5, 0.6) is 0 Å². The molecule has 0 atom stereocenters. The highest BCUT2D eigenvalue weighted by Crippen LogP contribution is 2.23. The molecule has 7 nitrogen and oxygen atoms in total. The Labute approximate surface area is 143 Å². The molecular weight excluding hydrogens is 346 g/mol. The van der Waals surface area contributed by atoms with E-state index in [1.807, 2.05) is 18.2 Å². The standard InChI is InChI=1S/C15H9N5O2S2/c21-12(9-7-17-15-20(13(9)22)5-6-23-15)19-14-18-11(8-24-14)10-3-1-2-4-16-10/h1-8H,(H,18,19,21). The summed E-state index contributed by atoms with van der Waals surface area (Å²) in [7, 11) is 0. The maximum Gasteiger partial charge on any atom is 0.271 e. The molecule has 0 aliphatic heterocycles. The van der Waals surface area contributed by atoms with Crippen molar-refractivity contribution in [2.24, 2.45) is 0 Å². The van der Waals surface area contributed by atoms with Crippen LogP contribution in [0.4, 0.5) is 5.13 Å². The fourth-order valence-electron chi connectivity index (χ4n) is 2.11.